The fourth-order valence-electron chi connectivity index (χ4n) is 1.42. The van der Waals surface area contributed by atoms with Crippen LogP contribution < -0.4 is 5.32 Å². The summed E-state index contributed by atoms with van der Waals surface area (Å²) >= 11 is 16.3. The first-order chi connectivity index (χ1) is 11.1. The van der Waals surface area contributed by atoms with Crippen LogP contribution in [0, 0.1) is 0 Å². The second-order valence-electron chi connectivity index (χ2n) is 4.36. The van der Waals surface area contributed by atoms with Crippen molar-refractivity contribution in [1.82, 2.24) is 15.2 Å². The van der Waals surface area contributed by atoms with Crippen molar-refractivity contribution in [1.29, 1.82) is 0 Å². The van der Waals surface area contributed by atoms with Crippen LogP contribution in [0.1, 0.15) is 19.8 Å². The van der Waals surface area contributed by atoms with Crippen molar-refractivity contribution >= 4 is 69.8 Å². The summed E-state index contributed by atoms with van der Waals surface area (Å²) in [7, 11) is 0. The monoisotopic (exact) mass is 408 g/mol. The van der Waals surface area contributed by atoms with Gasteiger partial charge in [-0.25, -0.2) is 4.98 Å². The van der Waals surface area contributed by atoms with Gasteiger partial charge in [0, 0.05) is 11.9 Å². The molecule has 5 nitrogen and oxygen atoms in total. The highest BCUT2D eigenvalue weighted by Gasteiger charge is 2.11. The number of nitrogens with one attached hydrogen (secondary N) is 1. The topological polar surface area (TPSA) is 67.8 Å². The van der Waals surface area contributed by atoms with Gasteiger partial charge in [-0.3, -0.25) is 4.79 Å². The second-order valence-corrected chi connectivity index (χ2v) is 8.74. The third-order valence-electron chi connectivity index (χ3n) is 2.50. The molecule has 0 saturated carbocycles. The number of anilines is 1. The molecule has 0 aliphatic rings. The second kappa shape index (κ2) is 9.68. The molecule has 0 radical (unpaired) electrons. The zero-order valence-corrected chi connectivity index (χ0v) is 16.2. The lowest BCUT2D eigenvalue weighted by Crippen LogP contribution is -2.15. The van der Waals surface area contributed by atoms with Gasteiger partial charge in [0.05, 0.1) is 15.8 Å². The highest BCUT2D eigenvalue weighted by atomic mass is 35.5. The summed E-state index contributed by atoms with van der Waals surface area (Å²) < 4.78 is 1.71. The Balaban J connectivity index is 1.80. The van der Waals surface area contributed by atoms with E-state index in [1.54, 1.807) is 11.8 Å². The molecule has 124 valence electrons. The Kier molecular flexibility index (Phi) is 7.91. The molecule has 0 aromatic carbocycles. The maximum absolute atomic E-state index is 11.9. The molecule has 0 aliphatic heterocycles. The van der Waals surface area contributed by atoms with Gasteiger partial charge in [-0.05, 0) is 12.5 Å². The van der Waals surface area contributed by atoms with E-state index in [0.29, 0.717) is 15.9 Å². The van der Waals surface area contributed by atoms with E-state index in [4.69, 9.17) is 23.2 Å². The highest BCUT2D eigenvalue weighted by Crippen LogP contribution is 2.29. The van der Waals surface area contributed by atoms with Crippen LogP contribution in [0.25, 0.3) is 0 Å². The van der Waals surface area contributed by atoms with Crippen molar-refractivity contribution in [3.63, 3.8) is 0 Å². The van der Waals surface area contributed by atoms with E-state index in [9.17, 15) is 4.79 Å². The number of amides is 1. The van der Waals surface area contributed by atoms with Gasteiger partial charge in [-0.2, -0.15) is 0 Å². The number of carbonyl (C=O) groups excluding carboxylic acids is 1. The number of rotatable bonds is 8. The van der Waals surface area contributed by atoms with Gasteiger partial charge in [0.25, 0.3) is 0 Å². The molecule has 2 heterocycles. The fourth-order valence-corrected chi connectivity index (χ4v) is 4.82. The minimum Gasteiger partial charge on any atom is -0.309 e. The number of thioether (sulfide) groups is 2. The Morgan fingerprint density at radius 2 is 2.04 bits per heavy atom. The smallest absolute Gasteiger partial charge is 0.236 e. The van der Waals surface area contributed by atoms with E-state index in [0.717, 1.165) is 27.3 Å². The molecular formula is C13H14Cl2N4OS3. The molecule has 23 heavy (non-hydrogen) atoms. The predicted molar refractivity (Wildman–Crippen MR) is 99.2 cm³/mol. The summed E-state index contributed by atoms with van der Waals surface area (Å²) in [5.41, 5.74) is 0. The molecule has 0 bridgehead atoms. The molecule has 0 fully saturated rings. The number of carbonyl (C=O) groups is 1. The van der Waals surface area contributed by atoms with Crippen LogP contribution in [0.4, 0.5) is 5.82 Å². The average molecular weight is 409 g/mol. The lowest BCUT2D eigenvalue weighted by atomic mass is 10.4. The average Bonchev–Trinajstić information content (AvgIpc) is 2.96. The van der Waals surface area contributed by atoms with Crippen LogP contribution in [0.3, 0.4) is 0 Å². The summed E-state index contributed by atoms with van der Waals surface area (Å²) in [5.74, 6) is 1.35. The lowest BCUT2D eigenvalue weighted by Gasteiger charge is -2.05. The number of unbranched alkanes of at least 4 members (excludes halogenated alkanes) is 1. The van der Waals surface area contributed by atoms with Gasteiger partial charge < -0.3 is 5.32 Å². The number of pyridine rings is 1. The Morgan fingerprint density at radius 1 is 1.30 bits per heavy atom. The quantitative estimate of drug-likeness (QED) is 0.496. The number of hydrogen-bond acceptors (Lipinski definition) is 7. The Morgan fingerprint density at radius 3 is 2.74 bits per heavy atom. The SMILES string of the molecule is CCCCSc1nnc(SCC(=O)Nc2ncc(Cl)cc2Cl)s1. The van der Waals surface area contributed by atoms with E-state index in [2.05, 4.69) is 27.4 Å². The van der Waals surface area contributed by atoms with Gasteiger partial charge in [0.2, 0.25) is 5.91 Å². The molecule has 2 aromatic heterocycles. The maximum Gasteiger partial charge on any atom is 0.236 e. The van der Waals surface area contributed by atoms with Crippen molar-refractivity contribution in [2.45, 2.75) is 28.4 Å². The van der Waals surface area contributed by atoms with Crippen molar-refractivity contribution in [2.75, 3.05) is 16.8 Å². The number of hydrogen-bond donors (Lipinski definition) is 1. The van der Waals surface area contributed by atoms with Crippen molar-refractivity contribution < 1.29 is 4.79 Å². The van der Waals surface area contributed by atoms with Crippen LogP contribution in [-0.4, -0.2) is 32.6 Å². The van der Waals surface area contributed by atoms with Crippen LogP contribution in [0.2, 0.25) is 10.0 Å². The molecule has 1 amide bonds. The first-order valence-corrected chi connectivity index (χ1v) is 10.3. The van der Waals surface area contributed by atoms with Gasteiger partial charge in [0.1, 0.15) is 0 Å². The van der Waals surface area contributed by atoms with Gasteiger partial charge >= 0.3 is 0 Å². The number of nitrogens with zero attached hydrogens (tertiary/aromatic N) is 3. The molecule has 0 aliphatic carbocycles. The molecular weight excluding hydrogens is 395 g/mol. The third-order valence-corrected chi connectivity index (χ3v) is 6.27. The van der Waals surface area contributed by atoms with E-state index in [-0.39, 0.29) is 11.7 Å². The fraction of sp³-hybridized carbons (Fsp3) is 0.385. The predicted octanol–water partition coefficient (Wildman–Crippen LogP) is 4.86. The molecule has 0 unspecified atom stereocenters. The molecule has 0 atom stereocenters. The van der Waals surface area contributed by atoms with E-state index >= 15 is 0 Å². The first-order valence-electron chi connectivity index (χ1n) is 6.78. The summed E-state index contributed by atoms with van der Waals surface area (Å²) in [6.07, 6.45) is 3.75. The zero-order valence-electron chi connectivity index (χ0n) is 12.2. The number of aromatic nitrogens is 3. The first kappa shape index (κ1) is 18.8. The van der Waals surface area contributed by atoms with Crippen LogP contribution >= 0.6 is 58.1 Å². The van der Waals surface area contributed by atoms with Crippen molar-refractivity contribution in [3.05, 3.63) is 22.3 Å². The highest BCUT2D eigenvalue weighted by molar-refractivity contribution is 8.03. The molecule has 2 rings (SSSR count). The molecule has 0 saturated heterocycles. The zero-order chi connectivity index (χ0) is 16.7. The third kappa shape index (κ3) is 6.46. The Labute approximate surface area is 157 Å². The van der Waals surface area contributed by atoms with Gasteiger partial charge in [0.15, 0.2) is 14.5 Å². The van der Waals surface area contributed by atoms with Crippen LogP contribution in [0.5, 0.6) is 0 Å². The van der Waals surface area contributed by atoms with Crippen LogP contribution in [-0.2, 0) is 4.79 Å². The molecule has 10 heteroatoms. The summed E-state index contributed by atoms with van der Waals surface area (Å²) in [5, 5.41) is 11.6. The van der Waals surface area contributed by atoms with Gasteiger partial charge in [-0.15, -0.1) is 10.2 Å². The van der Waals surface area contributed by atoms with E-state index < -0.39 is 0 Å². The van der Waals surface area contributed by atoms with Crippen LogP contribution in [0.15, 0.2) is 20.9 Å². The lowest BCUT2D eigenvalue weighted by molar-refractivity contribution is -0.113. The van der Waals surface area contributed by atoms with E-state index in [1.165, 1.54) is 35.4 Å². The van der Waals surface area contributed by atoms with Gasteiger partial charge in [-0.1, -0.05) is 71.4 Å². The largest absolute Gasteiger partial charge is 0.309 e. The summed E-state index contributed by atoms with van der Waals surface area (Å²) in [6, 6.07) is 1.53. The standard InChI is InChI=1S/C13H14Cl2N4OS3/c1-2-3-4-21-12-18-19-13(23-12)22-7-10(20)17-11-9(15)5-8(14)6-16-11/h5-6H,2-4,7H2,1H3,(H,16,17,20). The maximum atomic E-state index is 11.9. The van der Waals surface area contributed by atoms with E-state index in [1.807, 2.05) is 0 Å². The Hall–Kier alpha value is -0.540. The molecule has 0 spiro atoms. The minimum absolute atomic E-state index is 0.206. The summed E-state index contributed by atoms with van der Waals surface area (Å²) in [4.78, 5) is 15.9. The van der Waals surface area contributed by atoms with Crippen molar-refractivity contribution in [2.24, 2.45) is 0 Å². The molecule has 1 N–H and O–H groups in total. The number of halogens is 2. The minimum atomic E-state index is -0.206. The summed E-state index contributed by atoms with van der Waals surface area (Å²) in [6.45, 7) is 2.16. The normalized spacial score (nSPS) is 10.7. The Bertz CT molecular complexity index is 668. The van der Waals surface area contributed by atoms with Crippen molar-refractivity contribution in [3.8, 4) is 0 Å². The molecule has 2 aromatic rings.